The first kappa shape index (κ1) is 28.3. The average molecular weight is 529 g/mol. The van der Waals surface area contributed by atoms with Crippen LogP contribution in [0.5, 0.6) is 5.75 Å². The van der Waals surface area contributed by atoms with Crippen LogP contribution in [0.3, 0.4) is 0 Å². The van der Waals surface area contributed by atoms with Gasteiger partial charge in [-0.1, -0.05) is 67.3 Å². The maximum atomic E-state index is 12.9. The molecule has 190 valence electrons. The number of carbonyl (C=O) groups excluding carboxylic acids is 2. The molecule has 1 N–H and O–H groups in total. The predicted molar refractivity (Wildman–Crippen MR) is 141 cm³/mol. The lowest BCUT2D eigenvalue weighted by atomic mass is 10.1. The molecule has 0 spiro atoms. The van der Waals surface area contributed by atoms with Gasteiger partial charge in [0.05, 0.1) is 24.8 Å². The summed E-state index contributed by atoms with van der Waals surface area (Å²) in [7, 11) is -1.30. The van der Waals surface area contributed by atoms with Crippen LogP contribution in [0.2, 0.25) is 0 Å². The molecule has 0 aliphatic heterocycles. The van der Waals surface area contributed by atoms with Crippen molar-refractivity contribution in [3.63, 3.8) is 0 Å². The first-order valence-corrected chi connectivity index (χ1v) is 13.1. The second kappa shape index (κ2) is 13.9. The average Bonchev–Trinajstić information content (AvgIpc) is 3.44. The van der Waals surface area contributed by atoms with Gasteiger partial charge in [0, 0.05) is 0 Å². The maximum Gasteiger partial charge on any atom is 0.354 e. The standard InChI is InChI=1S/C19H20N2O5S2.C7H8O/c1-4-13-28(24,25)21(14(2)19(23)26-3)17(15-9-6-5-7-10-15)20-18(22)16-11-8-12-27-16;1-8-7-5-3-2-4-6-7/h4-12,17H,1-2,13H2,3H3,(H,20,22);2-6H,1H3. The maximum absolute atomic E-state index is 12.9. The Kier molecular flexibility index (Phi) is 10.9. The number of amides is 1. The molecule has 0 saturated heterocycles. The van der Waals surface area contributed by atoms with Crippen molar-refractivity contribution in [1.82, 2.24) is 9.62 Å². The Morgan fingerprint density at radius 1 is 1.03 bits per heavy atom. The Hall–Kier alpha value is -3.89. The number of esters is 1. The molecule has 0 fully saturated rings. The van der Waals surface area contributed by atoms with E-state index in [4.69, 9.17) is 4.74 Å². The molecule has 1 unspecified atom stereocenters. The molecular weight excluding hydrogens is 500 g/mol. The number of benzene rings is 2. The molecule has 1 heterocycles. The number of nitrogens with zero attached hydrogens (tertiary/aromatic N) is 1. The molecule has 0 saturated carbocycles. The van der Waals surface area contributed by atoms with Crippen LogP contribution in [0.4, 0.5) is 0 Å². The zero-order chi connectivity index (χ0) is 26.6. The van der Waals surface area contributed by atoms with Crippen molar-refractivity contribution in [2.24, 2.45) is 0 Å². The van der Waals surface area contributed by atoms with E-state index in [0.717, 1.165) is 17.2 Å². The van der Waals surface area contributed by atoms with Crippen molar-refractivity contribution in [3.8, 4) is 5.75 Å². The van der Waals surface area contributed by atoms with Gasteiger partial charge in [0.25, 0.3) is 5.91 Å². The van der Waals surface area contributed by atoms with Gasteiger partial charge in [-0.05, 0) is 29.1 Å². The first-order valence-electron chi connectivity index (χ1n) is 10.6. The van der Waals surface area contributed by atoms with E-state index in [1.807, 2.05) is 30.3 Å². The largest absolute Gasteiger partial charge is 0.497 e. The Labute approximate surface area is 215 Å². The fourth-order valence-electron chi connectivity index (χ4n) is 2.99. The smallest absolute Gasteiger partial charge is 0.354 e. The molecule has 1 amide bonds. The van der Waals surface area contributed by atoms with Gasteiger partial charge in [-0.15, -0.1) is 17.9 Å². The van der Waals surface area contributed by atoms with Gasteiger partial charge in [-0.2, -0.15) is 0 Å². The molecule has 0 aliphatic rings. The SMILES string of the molecule is C=CCS(=O)(=O)N(C(=C)C(=O)OC)C(NC(=O)c1cccs1)c1ccccc1.COc1ccccc1. The van der Waals surface area contributed by atoms with Gasteiger partial charge in [-0.25, -0.2) is 17.5 Å². The highest BCUT2D eigenvalue weighted by molar-refractivity contribution is 7.89. The molecule has 1 aromatic heterocycles. The van der Waals surface area contributed by atoms with Crippen LogP contribution < -0.4 is 10.1 Å². The van der Waals surface area contributed by atoms with Crippen LogP contribution in [0, 0.1) is 0 Å². The molecule has 3 rings (SSSR count). The van der Waals surface area contributed by atoms with Crippen LogP contribution in [0.1, 0.15) is 21.4 Å². The lowest BCUT2D eigenvalue weighted by Crippen LogP contribution is -2.46. The third-order valence-corrected chi connectivity index (χ3v) is 7.21. The molecule has 0 bridgehead atoms. The number of methoxy groups -OCH3 is 2. The van der Waals surface area contributed by atoms with E-state index in [9.17, 15) is 18.0 Å². The summed E-state index contributed by atoms with van der Waals surface area (Å²) < 4.78 is 36.2. The summed E-state index contributed by atoms with van der Waals surface area (Å²) >= 11 is 1.21. The van der Waals surface area contributed by atoms with Gasteiger partial charge >= 0.3 is 5.97 Å². The molecule has 8 nitrogen and oxygen atoms in total. The van der Waals surface area contributed by atoms with E-state index < -0.39 is 39.5 Å². The van der Waals surface area contributed by atoms with Gasteiger partial charge in [0.2, 0.25) is 10.0 Å². The van der Waals surface area contributed by atoms with Crippen molar-refractivity contribution in [2.45, 2.75) is 6.17 Å². The van der Waals surface area contributed by atoms with Crippen LogP contribution in [0.25, 0.3) is 0 Å². The number of rotatable bonds is 10. The molecule has 0 radical (unpaired) electrons. The zero-order valence-electron chi connectivity index (χ0n) is 20.0. The Balaban J connectivity index is 0.000000482. The number of hydrogen-bond donors (Lipinski definition) is 1. The van der Waals surface area contributed by atoms with E-state index in [2.05, 4.69) is 23.2 Å². The van der Waals surface area contributed by atoms with E-state index in [1.54, 1.807) is 55.0 Å². The summed E-state index contributed by atoms with van der Waals surface area (Å²) in [5.74, 6) is -0.965. The lowest BCUT2D eigenvalue weighted by Gasteiger charge is -2.33. The van der Waals surface area contributed by atoms with Crippen LogP contribution >= 0.6 is 11.3 Å². The fraction of sp³-hybridized carbons (Fsp3) is 0.154. The van der Waals surface area contributed by atoms with E-state index in [1.165, 1.54) is 17.4 Å². The topological polar surface area (TPSA) is 102 Å². The number of nitrogens with one attached hydrogen (secondary N) is 1. The number of hydrogen-bond acceptors (Lipinski definition) is 7. The van der Waals surface area contributed by atoms with Crippen LogP contribution in [-0.4, -0.2) is 44.6 Å². The number of sulfonamides is 1. The minimum Gasteiger partial charge on any atom is -0.497 e. The summed E-state index contributed by atoms with van der Waals surface area (Å²) in [5.41, 5.74) is 0.0229. The highest BCUT2D eigenvalue weighted by Crippen LogP contribution is 2.27. The van der Waals surface area contributed by atoms with Gasteiger partial charge in [0.1, 0.15) is 17.6 Å². The second-order valence-corrected chi connectivity index (χ2v) is 9.92. The van der Waals surface area contributed by atoms with E-state index in [0.29, 0.717) is 10.4 Å². The molecule has 2 aromatic carbocycles. The molecule has 0 aliphatic carbocycles. The lowest BCUT2D eigenvalue weighted by molar-refractivity contribution is -0.137. The third kappa shape index (κ3) is 7.82. The van der Waals surface area contributed by atoms with Crippen molar-refractivity contribution >= 4 is 33.2 Å². The van der Waals surface area contributed by atoms with Crippen molar-refractivity contribution in [1.29, 1.82) is 0 Å². The van der Waals surface area contributed by atoms with Gasteiger partial charge in [-0.3, -0.25) is 4.79 Å². The first-order chi connectivity index (χ1) is 17.2. The number of carbonyl (C=O) groups is 2. The predicted octanol–water partition coefficient (Wildman–Crippen LogP) is 4.38. The number of para-hydroxylation sites is 1. The third-order valence-electron chi connectivity index (χ3n) is 4.66. The van der Waals surface area contributed by atoms with Gasteiger partial charge in [0.15, 0.2) is 0 Å². The quantitative estimate of drug-likeness (QED) is 0.181. The monoisotopic (exact) mass is 528 g/mol. The molecule has 36 heavy (non-hydrogen) atoms. The summed E-state index contributed by atoms with van der Waals surface area (Å²) in [6.07, 6.45) is -0.0110. The Bertz CT molecular complexity index is 1240. The molecular formula is C26H28N2O6S2. The highest BCUT2D eigenvalue weighted by Gasteiger charge is 2.36. The van der Waals surface area contributed by atoms with Crippen molar-refractivity contribution in [2.75, 3.05) is 20.0 Å². The Morgan fingerprint density at radius 3 is 2.11 bits per heavy atom. The minimum atomic E-state index is -4.08. The molecule has 3 aromatic rings. The highest BCUT2D eigenvalue weighted by atomic mass is 32.2. The number of ether oxygens (including phenoxy) is 2. The fourth-order valence-corrected chi connectivity index (χ4v) is 4.98. The van der Waals surface area contributed by atoms with Crippen LogP contribution in [-0.2, 0) is 19.6 Å². The molecule has 10 heteroatoms. The van der Waals surface area contributed by atoms with Gasteiger partial charge < -0.3 is 14.8 Å². The summed E-state index contributed by atoms with van der Waals surface area (Å²) in [6.45, 7) is 7.03. The van der Waals surface area contributed by atoms with E-state index in [-0.39, 0.29) is 0 Å². The molecule has 1 atom stereocenters. The number of thiophene rings is 1. The van der Waals surface area contributed by atoms with Crippen LogP contribution in [0.15, 0.2) is 103 Å². The minimum absolute atomic E-state index is 0.394. The summed E-state index contributed by atoms with van der Waals surface area (Å²) in [4.78, 5) is 25.1. The zero-order valence-corrected chi connectivity index (χ0v) is 21.6. The van der Waals surface area contributed by atoms with E-state index >= 15 is 0 Å². The van der Waals surface area contributed by atoms with Crippen molar-refractivity contribution in [3.05, 3.63) is 114 Å². The Morgan fingerprint density at radius 2 is 1.64 bits per heavy atom. The van der Waals surface area contributed by atoms with Crippen molar-refractivity contribution < 1.29 is 27.5 Å². The summed E-state index contributed by atoms with van der Waals surface area (Å²) in [5, 5.41) is 4.40. The summed E-state index contributed by atoms with van der Waals surface area (Å²) in [6, 6.07) is 21.4. The second-order valence-electron chi connectivity index (χ2n) is 7.08. The normalized spacial score (nSPS) is 11.2.